The van der Waals surface area contributed by atoms with Crippen molar-refractivity contribution in [1.82, 2.24) is 15.0 Å². The van der Waals surface area contributed by atoms with Crippen molar-refractivity contribution in [3.8, 4) is 11.4 Å². The number of hydrogen-bond donors (Lipinski definition) is 2. The van der Waals surface area contributed by atoms with E-state index in [0.29, 0.717) is 11.6 Å². The summed E-state index contributed by atoms with van der Waals surface area (Å²) in [4.78, 5) is 27.1. The largest absolute Gasteiger partial charge is 0.480 e. The zero-order valence-corrected chi connectivity index (χ0v) is 14.6. The molecular formula is C18H18N4O2S. The summed E-state index contributed by atoms with van der Waals surface area (Å²) in [6.07, 6.45) is 7.83. The van der Waals surface area contributed by atoms with Crippen molar-refractivity contribution in [1.29, 1.82) is 0 Å². The highest BCUT2D eigenvalue weighted by atomic mass is 32.1. The number of thiophene rings is 1. The quantitative estimate of drug-likeness (QED) is 0.745. The highest BCUT2D eigenvalue weighted by Gasteiger charge is 2.23. The first-order chi connectivity index (χ1) is 12.1. The average molecular weight is 354 g/mol. The molecule has 0 spiro atoms. The van der Waals surface area contributed by atoms with Crippen LogP contribution in [0.1, 0.15) is 30.2 Å². The van der Waals surface area contributed by atoms with Crippen LogP contribution in [-0.4, -0.2) is 32.1 Å². The van der Waals surface area contributed by atoms with Gasteiger partial charge in [-0.05, 0) is 50.3 Å². The van der Waals surface area contributed by atoms with Crippen LogP contribution in [0.3, 0.4) is 0 Å². The van der Waals surface area contributed by atoms with Crippen LogP contribution in [-0.2, 0) is 17.6 Å². The van der Waals surface area contributed by atoms with Crippen LogP contribution in [0.2, 0.25) is 0 Å². The highest BCUT2D eigenvalue weighted by Crippen LogP contribution is 2.39. The molecule has 3 aromatic heterocycles. The molecule has 1 aliphatic carbocycles. The van der Waals surface area contributed by atoms with Gasteiger partial charge in [-0.1, -0.05) is 0 Å². The van der Waals surface area contributed by atoms with Crippen LogP contribution in [0, 0.1) is 0 Å². The van der Waals surface area contributed by atoms with Gasteiger partial charge in [-0.2, -0.15) is 0 Å². The van der Waals surface area contributed by atoms with Crippen LogP contribution in [0.25, 0.3) is 21.6 Å². The lowest BCUT2D eigenvalue weighted by Crippen LogP contribution is -2.26. The number of aromatic nitrogens is 3. The summed E-state index contributed by atoms with van der Waals surface area (Å²) >= 11 is 1.70. The monoisotopic (exact) mass is 354 g/mol. The standard InChI is InChI=1S/C18H18N4O2S/c1-10(18(23)24)20-16-14-12-6-2-3-7-13(12)25-17(14)22-15(21-16)11-5-4-8-19-9-11/h4-5,8-10H,2-3,6-7H2,1H3,(H,23,24)(H,20,21,22). The number of carbonyl (C=O) groups is 1. The third kappa shape index (κ3) is 2.95. The second-order valence-corrected chi connectivity index (χ2v) is 7.32. The summed E-state index contributed by atoms with van der Waals surface area (Å²) in [7, 11) is 0. The first kappa shape index (κ1) is 16.0. The Balaban J connectivity index is 1.91. The zero-order chi connectivity index (χ0) is 17.4. The van der Waals surface area contributed by atoms with Gasteiger partial charge in [0, 0.05) is 22.8 Å². The van der Waals surface area contributed by atoms with Crippen LogP contribution in [0.15, 0.2) is 24.5 Å². The molecule has 0 saturated heterocycles. The molecule has 25 heavy (non-hydrogen) atoms. The first-order valence-corrected chi connectivity index (χ1v) is 9.17. The lowest BCUT2D eigenvalue weighted by atomic mass is 9.97. The molecule has 128 valence electrons. The van der Waals surface area contributed by atoms with Gasteiger partial charge in [0.05, 0.1) is 5.39 Å². The van der Waals surface area contributed by atoms with Crippen LogP contribution >= 0.6 is 11.3 Å². The Labute approximate surface area is 149 Å². The zero-order valence-electron chi connectivity index (χ0n) is 13.8. The lowest BCUT2D eigenvalue weighted by Gasteiger charge is -2.15. The molecule has 3 aromatic rings. The minimum Gasteiger partial charge on any atom is -0.480 e. The third-order valence-electron chi connectivity index (χ3n) is 4.46. The lowest BCUT2D eigenvalue weighted by molar-refractivity contribution is -0.137. The Morgan fingerprint density at radius 1 is 1.32 bits per heavy atom. The predicted molar refractivity (Wildman–Crippen MR) is 98.0 cm³/mol. The minimum atomic E-state index is -0.904. The van der Waals surface area contributed by atoms with Crippen LogP contribution in [0.5, 0.6) is 0 Å². The Hall–Kier alpha value is -2.54. The molecule has 0 aliphatic heterocycles. The van der Waals surface area contributed by atoms with Gasteiger partial charge >= 0.3 is 5.97 Å². The summed E-state index contributed by atoms with van der Waals surface area (Å²) in [6, 6.07) is 3.03. The number of carboxylic acid groups (broad SMARTS) is 1. The van der Waals surface area contributed by atoms with E-state index in [9.17, 15) is 9.90 Å². The van der Waals surface area contributed by atoms with Crippen molar-refractivity contribution in [2.75, 3.05) is 5.32 Å². The molecule has 0 radical (unpaired) electrons. The van der Waals surface area contributed by atoms with E-state index in [1.165, 1.54) is 16.9 Å². The molecule has 0 saturated carbocycles. The normalized spacial score (nSPS) is 14.9. The van der Waals surface area contributed by atoms with E-state index >= 15 is 0 Å². The number of rotatable bonds is 4. The summed E-state index contributed by atoms with van der Waals surface area (Å²) in [5.74, 6) is 0.274. The van der Waals surface area contributed by atoms with E-state index < -0.39 is 12.0 Å². The molecule has 2 N–H and O–H groups in total. The number of aliphatic carboxylic acids is 1. The Kier molecular flexibility index (Phi) is 4.09. The summed E-state index contributed by atoms with van der Waals surface area (Å²) < 4.78 is 0. The number of fused-ring (bicyclic) bond motifs is 3. The van der Waals surface area contributed by atoms with Crippen LogP contribution < -0.4 is 5.32 Å². The molecule has 4 rings (SSSR count). The maximum atomic E-state index is 11.3. The smallest absolute Gasteiger partial charge is 0.325 e. The SMILES string of the molecule is CC(Nc1nc(-c2cccnc2)nc2sc3c(c12)CCCC3)C(=O)O. The Bertz CT molecular complexity index is 939. The molecular weight excluding hydrogens is 336 g/mol. The molecule has 0 amide bonds. The third-order valence-corrected chi connectivity index (χ3v) is 5.64. The minimum absolute atomic E-state index is 0.569. The van der Waals surface area contributed by atoms with E-state index in [1.807, 2.05) is 12.1 Å². The number of pyridine rings is 1. The summed E-state index contributed by atoms with van der Waals surface area (Å²) in [5, 5.41) is 13.3. The molecule has 1 unspecified atom stereocenters. The fourth-order valence-electron chi connectivity index (χ4n) is 3.15. The molecule has 1 atom stereocenters. The maximum absolute atomic E-state index is 11.3. The van der Waals surface area contributed by atoms with E-state index in [2.05, 4.69) is 15.3 Å². The number of aryl methyl sites for hydroxylation is 2. The number of nitrogens with one attached hydrogen (secondary N) is 1. The van der Waals surface area contributed by atoms with Crippen molar-refractivity contribution in [3.63, 3.8) is 0 Å². The number of hydrogen-bond acceptors (Lipinski definition) is 6. The first-order valence-electron chi connectivity index (χ1n) is 8.35. The van der Waals surface area contributed by atoms with Gasteiger partial charge in [0.1, 0.15) is 16.7 Å². The second kappa shape index (κ2) is 6.40. The second-order valence-electron chi connectivity index (χ2n) is 6.23. The van der Waals surface area contributed by atoms with Crippen molar-refractivity contribution < 1.29 is 9.90 Å². The van der Waals surface area contributed by atoms with Crippen LogP contribution in [0.4, 0.5) is 5.82 Å². The average Bonchev–Trinajstić information content (AvgIpc) is 3.01. The highest BCUT2D eigenvalue weighted by molar-refractivity contribution is 7.19. The topological polar surface area (TPSA) is 88.0 Å². The molecule has 1 aliphatic rings. The maximum Gasteiger partial charge on any atom is 0.325 e. The number of nitrogens with zero attached hydrogens (tertiary/aromatic N) is 3. The van der Waals surface area contributed by atoms with Crippen molar-refractivity contribution in [2.24, 2.45) is 0 Å². The van der Waals surface area contributed by atoms with Gasteiger partial charge in [0.15, 0.2) is 5.82 Å². The van der Waals surface area contributed by atoms with Crippen molar-refractivity contribution >= 4 is 33.3 Å². The molecule has 3 heterocycles. The fourth-order valence-corrected chi connectivity index (χ4v) is 4.41. The van der Waals surface area contributed by atoms with Gasteiger partial charge in [-0.15, -0.1) is 11.3 Å². The number of anilines is 1. The van der Waals surface area contributed by atoms with E-state index in [-0.39, 0.29) is 0 Å². The molecule has 0 fully saturated rings. The van der Waals surface area contributed by atoms with Gasteiger partial charge in [-0.3, -0.25) is 9.78 Å². The summed E-state index contributed by atoms with van der Waals surface area (Å²) in [6.45, 7) is 1.62. The molecule has 6 nitrogen and oxygen atoms in total. The van der Waals surface area contributed by atoms with Gasteiger partial charge in [0.2, 0.25) is 0 Å². The molecule has 0 aromatic carbocycles. The van der Waals surface area contributed by atoms with Gasteiger partial charge in [0.25, 0.3) is 0 Å². The van der Waals surface area contributed by atoms with Gasteiger partial charge in [-0.25, -0.2) is 9.97 Å². The van der Waals surface area contributed by atoms with Crippen molar-refractivity contribution in [3.05, 3.63) is 35.0 Å². The predicted octanol–water partition coefficient (Wildman–Crippen LogP) is 3.52. The summed E-state index contributed by atoms with van der Waals surface area (Å²) in [5.41, 5.74) is 2.10. The van der Waals surface area contributed by atoms with Gasteiger partial charge < -0.3 is 10.4 Å². The molecule has 7 heteroatoms. The Morgan fingerprint density at radius 3 is 2.92 bits per heavy atom. The van der Waals surface area contributed by atoms with E-state index in [0.717, 1.165) is 35.0 Å². The molecule has 0 bridgehead atoms. The van der Waals surface area contributed by atoms with E-state index in [1.54, 1.807) is 30.7 Å². The van der Waals surface area contributed by atoms with E-state index in [4.69, 9.17) is 4.98 Å². The van der Waals surface area contributed by atoms with Crippen molar-refractivity contribution in [2.45, 2.75) is 38.6 Å². The number of carboxylic acids is 1. The fraction of sp³-hybridized carbons (Fsp3) is 0.333. The Morgan fingerprint density at radius 2 is 2.16 bits per heavy atom.